The number of rotatable bonds is 4. The van der Waals surface area contributed by atoms with Crippen LogP contribution in [0.5, 0.6) is 0 Å². The molecule has 24 heavy (non-hydrogen) atoms. The van der Waals surface area contributed by atoms with E-state index in [9.17, 15) is 18.3 Å². The summed E-state index contributed by atoms with van der Waals surface area (Å²) in [4.78, 5) is 11.0. The molecule has 0 amide bonds. The molecule has 0 aromatic heterocycles. The molecule has 1 N–H and O–H groups in total. The molecule has 2 aromatic carbocycles. The van der Waals surface area contributed by atoms with Gasteiger partial charge in [0.15, 0.2) is 0 Å². The van der Waals surface area contributed by atoms with Crippen LogP contribution in [0.4, 0.5) is 5.69 Å². The summed E-state index contributed by atoms with van der Waals surface area (Å²) in [6.45, 7) is 7.55. The van der Waals surface area contributed by atoms with Gasteiger partial charge >= 0.3 is 0 Å². The van der Waals surface area contributed by atoms with E-state index in [4.69, 9.17) is 0 Å². The topological polar surface area (TPSA) is 86.3 Å². The van der Waals surface area contributed by atoms with Crippen LogP contribution in [0, 0.1) is 6.92 Å². The van der Waals surface area contributed by atoms with Crippen molar-refractivity contribution in [2.75, 3.05) is 4.72 Å². The number of aryl methyl sites for hydroxylation is 1. The zero-order valence-corrected chi connectivity index (χ0v) is 14.9. The van der Waals surface area contributed by atoms with E-state index in [0.717, 1.165) is 11.6 Å². The molecular formula is C18H20NO4S-. The van der Waals surface area contributed by atoms with Gasteiger partial charge in [0, 0.05) is 5.56 Å². The standard InChI is InChI=1S/C18H21NO4S/c1-12-9-10-13(11-14(12)17(20)21)24(22,23)19-16-8-6-5-7-15(16)18(2,3)4/h5-11,19H,1-4H3,(H,20,21)/p-1. The average Bonchev–Trinajstić information content (AvgIpc) is 2.46. The molecule has 5 nitrogen and oxygen atoms in total. The maximum atomic E-state index is 12.6. The van der Waals surface area contributed by atoms with Gasteiger partial charge in [0.1, 0.15) is 0 Å². The Labute approximate surface area is 142 Å². The quantitative estimate of drug-likeness (QED) is 0.921. The van der Waals surface area contributed by atoms with E-state index in [2.05, 4.69) is 4.72 Å². The smallest absolute Gasteiger partial charge is 0.261 e. The Morgan fingerprint density at radius 3 is 2.29 bits per heavy atom. The van der Waals surface area contributed by atoms with E-state index >= 15 is 0 Å². The molecule has 128 valence electrons. The summed E-state index contributed by atoms with van der Waals surface area (Å²) in [5, 5.41) is 11.1. The van der Waals surface area contributed by atoms with Crippen molar-refractivity contribution >= 4 is 21.7 Å². The molecule has 2 aromatic rings. The van der Waals surface area contributed by atoms with Crippen molar-refractivity contribution in [1.29, 1.82) is 0 Å². The number of para-hydroxylation sites is 1. The van der Waals surface area contributed by atoms with Crippen molar-refractivity contribution in [2.24, 2.45) is 0 Å². The molecule has 6 heteroatoms. The van der Waals surface area contributed by atoms with Gasteiger partial charge in [-0.1, -0.05) is 45.0 Å². The second kappa shape index (κ2) is 6.28. The Hall–Kier alpha value is -2.34. The predicted octanol–water partition coefficient (Wildman–Crippen LogP) is 2.46. The highest BCUT2D eigenvalue weighted by Crippen LogP contribution is 2.30. The number of carbonyl (C=O) groups excluding carboxylic acids is 1. The Morgan fingerprint density at radius 2 is 1.71 bits per heavy atom. The summed E-state index contributed by atoms with van der Waals surface area (Å²) in [5.74, 6) is -1.40. The monoisotopic (exact) mass is 346 g/mol. The summed E-state index contributed by atoms with van der Waals surface area (Å²) in [6.07, 6.45) is 0. The van der Waals surface area contributed by atoms with Crippen molar-refractivity contribution in [2.45, 2.75) is 38.0 Å². The molecule has 0 fully saturated rings. The minimum atomic E-state index is -3.91. The molecule has 0 atom stereocenters. The van der Waals surface area contributed by atoms with Crippen LogP contribution < -0.4 is 9.83 Å². The van der Waals surface area contributed by atoms with Gasteiger partial charge in [0.05, 0.1) is 16.6 Å². The highest BCUT2D eigenvalue weighted by Gasteiger charge is 2.22. The first kappa shape index (κ1) is 18.0. The molecule has 0 heterocycles. The zero-order valence-electron chi connectivity index (χ0n) is 14.1. The molecule has 0 bridgehead atoms. The van der Waals surface area contributed by atoms with Gasteiger partial charge in [-0.3, -0.25) is 4.72 Å². The van der Waals surface area contributed by atoms with Gasteiger partial charge in [-0.25, -0.2) is 8.42 Å². The molecule has 0 radical (unpaired) electrons. The van der Waals surface area contributed by atoms with Crippen LogP contribution >= 0.6 is 0 Å². The first-order valence-electron chi connectivity index (χ1n) is 7.47. The summed E-state index contributed by atoms with van der Waals surface area (Å²) >= 11 is 0. The van der Waals surface area contributed by atoms with Gasteiger partial charge in [-0.15, -0.1) is 0 Å². The Kier molecular flexibility index (Phi) is 4.71. The lowest BCUT2D eigenvalue weighted by Crippen LogP contribution is -2.24. The Morgan fingerprint density at radius 1 is 1.08 bits per heavy atom. The van der Waals surface area contributed by atoms with Crippen molar-refractivity contribution in [3.63, 3.8) is 0 Å². The van der Waals surface area contributed by atoms with Gasteiger partial charge in [-0.05, 0) is 41.7 Å². The fraction of sp³-hybridized carbons (Fsp3) is 0.278. The number of carboxylic acids is 1. The average molecular weight is 346 g/mol. The van der Waals surface area contributed by atoms with E-state index in [1.807, 2.05) is 32.9 Å². The number of hydrogen-bond acceptors (Lipinski definition) is 4. The molecule has 0 aliphatic heterocycles. The Bertz CT molecular complexity index is 880. The third kappa shape index (κ3) is 3.76. The van der Waals surface area contributed by atoms with Gasteiger partial charge in [-0.2, -0.15) is 0 Å². The molecule has 0 unspecified atom stereocenters. The lowest BCUT2D eigenvalue weighted by Gasteiger charge is -2.23. The number of benzene rings is 2. The predicted molar refractivity (Wildman–Crippen MR) is 91.5 cm³/mol. The highest BCUT2D eigenvalue weighted by molar-refractivity contribution is 7.92. The third-order valence-corrected chi connectivity index (χ3v) is 5.08. The second-order valence-electron chi connectivity index (χ2n) is 6.67. The number of nitrogens with one attached hydrogen (secondary N) is 1. The van der Waals surface area contributed by atoms with Crippen molar-refractivity contribution < 1.29 is 18.3 Å². The van der Waals surface area contributed by atoms with E-state index in [1.165, 1.54) is 12.1 Å². The molecule has 0 aliphatic carbocycles. The largest absolute Gasteiger partial charge is 0.545 e. The maximum Gasteiger partial charge on any atom is 0.261 e. The maximum absolute atomic E-state index is 12.6. The van der Waals surface area contributed by atoms with Crippen LogP contribution in [0.1, 0.15) is 42.3 Å². The zero-order chi connectivity index (χ0) is 18.1. The molecule has 0 saturated carbocycles. The van der Waals surface area contributed by atoms with Crippen molar-refractivity contribution in [3.05, 3.63) is 59.2 Å². The SMILES string of the molecule is Cc1ccc(S(=O)(=O)Nc2ccccc2C(C)(C)C)cc1C(=O)[O-]. The molecule has 0 spiro atoms. The normalized spacial score (nSPS) is 12.0. The first-order chi connectivity index (χ1) is 11.0. The number of anilines is 1. The fourth-order valence-electron chi connectivity index (χ4n) is 2.42. The summed E-state index contributed by atoms with van der Waals surface area (Å²) in [7, 11) is -3.91. The minimum absolute atomic E-state index is 0.115. The molecule has 0 aliphatic rings. The van der Waals surface area contributed by atoms with Gasteiger partial charge in [0.25, 0.3) is 10.0 Å². The number of carbonyl (C=O) groups is 1. The summed E-state index contributed by atoms with van der Waals surface area (Å²) < 4.78 is 27.8. The fourth-order valence-corrected chi connectivity index (χ4v) is 3.52. The lowest BCUT2D eigenvalue weighted by atomic mass is 9.86. The number of aromatic carboxylic acids is 1. The van der Waals surface area contributed by atoms with Crippen molar-refractivity contribution in [3.8, 4) is 0 Å². The molecular weight excluding hydrogens is 326 g/mol. The van der Waals surface area contributed by atoms with Crippen LogP contribution in [-0.2, 0) is 15.4 Å². The van der Waals surface area contributed by atoms with E-state index in [-0.39, 0.29) is 15.9 Å². The number of sulfonamides is 1. The van der Waals surface area contributed by atoms with Gasteiger partial charge < -0.3 is 9.90 Å². The van der Waals surface area contributed by atoms with Crippen LogP contribution in [-0.4, -0.2) is 14.4 Å². The molecule has 0 saturated heterocycles. The van der Waals surface area contributed by atoms with Crippen LogP contribution in [0.25, 0.3) is 0 Å². The van der Waals surface area contributed by atoms with Crippen molar-refractivity contribution in [1.82, 2.24) is 0 Å². The van der Waals surface area contributed by atoms with Crippen LogP contribution in [0.15, 0.2) is 47.4 Å². The third-order valence-electron chi connectivity index (χ3n) is 3.72. The highest BCUT2D eigenvalue weighted by atomic mass is 32.2. The van der Waals surface area contributed by atoms with E-state index in [0.29, 0.717) is 11.3 Å². The minimum Gasteiger partial charge on any atom is -0.545 e. The number of hydrogen-bond donors (Lipinski definition) is 1. The van der Waals surface area contributed by atoms with Crippen LogP contribution in [0.3, 0.4) is 0 Å². The lowest BCUT2D eigenvalue weighted by molar-refractivity contribution is -0.255. The van der Waals surface area contributed by atoms with Crippen LogP contribution in [0.2, 0.25) is 0 Å². The van der Waals surface area contributed by atoms with E-state index < -0.39 is 16.0 Å². The van der Waals surface area contributed by atoms with E-state index in [1.54, 1.807) is 19.1 Å². The second-order valence-corrected chi connectivity index (χ2v) is 8.35. The van der Waals surface area contributed by atoms with Gasteiger partial charge in [0.2, 0.25) is 0 Å². The summed E-state index contributed by atoms with van der Waals surface area (Å²) in [5.41, 5.74) is 1.38. The summed E-state index contributed by atoms with van der Waals surface area (Å²) in [6, 6.07) is 11.1. The number of carboxylic acid groups (broad SMARTS) is 1. The Balaban J connectivity index is 2.48. The first-order valence-corrected chi connectivity index (χ1v) is 8.95. The molecule has 2 rings (SSSR count).